The van der Waals surface area contributed by atoms with Gasteiger partial charge < -0.3 is 5.43 Å². The highest BCUT2D eigenvalue weighted by atomic mass is 16.6. The van der Waals surface area contributed by atoms with Crippen LogP contribution in [0.1, 0.15) is 6.92 Å². The summed E-state index contributed by atoms with van der Waals surface area (Å²) >= 11 is 0. The van der Waals surface area contributed by atoms with Crippen molar-refractivity contribution in [3.05, 3.63) is 11.9 Å². The predicted molar refractivity (Wildman–Crippen MR) is 28.3 cm³/mol. The summed E-state index contributed by atoms with van der Waals surface area (Å²) in [5.74, 6) is 0. The third kappa shape index (κ3) is 0.635. The third-order valence-corrected chi connectivity index (χ3v) is 1.06. The van der Waals surface area contributed by atoms with Crippen LogP contribution in [0.15, 0.2) is 11.9 Å². The summed E-state index contributed by atoms with van der Waals surface area (Å²) in [7, 11) is 1.72. The molecule has 0 unspecified atom stereocenters. The number of hydrogen-bond donors (Lipinski definition) is 2. The summed E-state index contributed by atoms with van der Waals surface area (Å²) in [5, 5.41) is 11.4. The van der Waals surface area contributed by atoms with Gasteiger partial charge in [0, 0.05) is 13.2 Å². The summed E-state index contributed by atoms with van der Waals surface area (Å²) in [4.78, 5) is 0. The predicted octanol–water partition coefficient (Wildman–Crippen LogP) is -0.0961. The van der Waals surface area contributed by atoms with E-state index in [4.69, 9.17) is 5.21 Å². The Hall–Kier alpha value is -0.740. The van der Waals surface area contributed by atoms with Gasteiger partial charge in [-0.2, -0.15) is 5.17 Å². The van der Waals surface area contributed by atoms with E-state index in [1.54, 1.807) is 20.2 Å². The molecule has 1 aliphatic heterocycles. The smallest absolute Gasteiger partial charge is 0.0756 e. The average Bonchev–Trinajstić information content (AvgIpc) is 1.98. The Morgan fingerprint density at radius 1 is 1.75 bits per heavy atom. The van der Waals surface area contributed by atoms with Crippen LogP contribution in [0.3, 0.4) is 0 Å². The molecule has 0 fully saturated rings. The number of hydroxylamine groups is 1. The molecule has 2 N–H and O–H groups in total. The molecule has 0 atom stereocenters. The lowest BCUT2D eigenvalue weighted by molar-refractivity contribution is -0.207. The first-order valence-electron chi connectivity index (χ1n) is 2.37. The van der Waals surface area contributed by atoms with E-state index in [-0.39, 0.29) is 0 Å². The summed E-state index contributed by atoms with van der Waals surface area (Å²) in [6, 6.07) is 0. The van der Waals surface area contributed by atoms with Gasteiger partial charge in [0.2, 0.25) is 0 Å². The molecule has 0 aromatic heterocycles. The Kier molecular flexibility index (Phi) is 1.11. The molecule has 1 rings (SSSR count). The van der Waals surface area contributed by atoms with Gasteiger partial charge in [0.15, 0.2) is 0 Å². The molecule has 0 aromatic carbocycles. The molecule has 0 saturated heterocycles. The van der Waals surface area contributed by atoms with E-state index in [2.05, 4.69) is 5.43 Å². The summed E-state index contributed by atoms with van der Waals surface area (Å²) in [6.07, 6.45) is 1.71. The maximum Gasteiger partial charge on any atom is 0.0756 e. The largest absolute Gasteiger partial charge is 0.305 e. The molecular formula is C4H9N3O. The molecule has 0 spiro atoms. The Morgan fingerprint density at radius 3 is 2.50 bits per heavy atom. The lowest BCUT2D eigenvalue weighted by Gasteiger charge is -2.18. The van der Waals surface area contributed by atoms with Crippen LogP contribution in [-0.4, -0.2) is 22.5 Å². The zero-order chi connectivity index (χ0) is 6.15. The van der Waals surface area contributed by atoms with Crippen molar-refractivity contribution in [1.29, 1.82) is 0 Å². The first kappa shape index (κ1) is 5.40. The minimum absolute atomic E-state index is 0.785. The number of nitrogens with zero attached hydrogens (tertiary/aromatic N) is 2. The number of hydrogen-bond acceptors (Lipinski definition) is 4. The van der Waals surface area contributed by atoms with E-state index in [0.29, 0.717) is 0 Å². The molecule has 1 heterocycles. The molecule has 0 aliphatic carbocycles. The molecule has 0 saturated carbocycles. The Morgan fingerprint density at radius 2 is 2.38 bits per heavy atom. The lowest BCUT2D eigenvalue weighted by atomic mass is 10.6. The lowest BCUT2D eigenvalue weighted by Crippen LogP contribution is -2.36. The van der Waals surface area contributed by atoms with Gasteiger partial charge in [0.25, 0.3) is 0 Å². The molecule has 4 heteroatoms. The van der Waals surface area contributed by atoms with Crippen LogP contribution in [0.2, 0.25) is 0 Å². The molecule has 8 heavy (non-hydrogen) atoms. The second kappa shape index (κ2) is 1.65. The Bertz CT molecular complexity index is 122. The molecule has 0 aromatic rings. The van der Waals surface area contributed by atoms with E-state index in [0.717, 1.165) is 10.9 Å². The number of nitrogens with one attached hydrogen (secondary N) is 1. The van der Waals surface area contributed by atoms with Crippen molar-refractivity contribution in [2.75, 3.05) is 7.05 Å². The standard InChI is InChI=1S/C4H9N3O/c1-4-3-5-6(2)7(4)8/h3,5,8H,1-2H3. The zero-order valence-electron chi connectivity index (χ0n) is 4.92. The Labute approximate surface area is 47.9 Å². The van der Waals surface area contributed by atoms with Crippen LogP contribution < -0.4 is 5.43 Å². The second-order valence-corrected chi connectivity index (χ2v) is 1.73. The normalized spacial score (nSPS) is 20.9. The number of rotatable bonds is 0. The highest BCUT2D eigenvalue weighted by molar-refractivity contribution is 4.94. The summed E-state index contributed by atoms with van der Waals surface area (Å²) in [5.41, 5.74) is 3.55. The van der Waals surface area contributed by atoms with Crippen molar-refractivity contribution < 1.29 is 5.21 Å². The first-order chi connectivity index (χ1) is 3.72. The van der Waals surface area contributed by atoms with Gasteiger partial charge in [-0.3, -0.25) is 5.21 Å². The molecule has 4 nitrogen and oxygen atoms in total. The van der Waals surface area contributed by atoms with Crippen LogP contribution in [0.25, 0.3) is 0 Å². The minimum Gasteiger partial charge on any atom is -0.305 e. The van der Waals surface area contributed by atoms with Crippen LogP contribution in [0, 0.1) is 0 Å². The fourth-order valence-corrected chi connectivity index (χ4v) is 0.536. The molecule has 0 amide bonds. The van der Waals surface area contributed by atoms with Gasteiger partial charge in [0.1, 0.15) is 0 Å². The minimum atomic E-state index is 0.785. The number of hydrazine groups is 2. The average molecular weight is 115 g/mol. The number of allylic oxidation sites excluding steroid dienone is 1. The topological polar surface area (TPSA) is 38.7 Å². The highest BCUT2D eigenvalue weighted by Crippen LogP contribution is 2.04. The molecule has 0 radical (unpaired) electrons. The quantitative estimate of drug-likeness (QED) is 0.462. The van der Waals surface area contributed by atoms with Gasteiger partial charge in [-0.25, -0.2) is 0 Å². The second-order valence-electron chi connectivity index (χ2n) is 1.73. The SMILES string of the molecule is CC1=CNN(C)N1O. The van der Waals surface area contributed by atoms with E-state index >= 15 is 0 Å². The molecule has 1 aliphatic rings. The summed E-state index contributed by atoms with van der Waals surface area (Å²) < 4.78 is 0. The molecule has 46 valence electrons. The Balaban J connectivity index is 2.59. The van der Waals surface area contributed by atoms with E-state index in [9.17, 15) is 0 Å². The van der Waals surface area contributed by atoms with Crippen molar-refractivity contribution >= 4 is 0 Å². The third-order valence-electron chi connectivity index (χ3n) is 1.06. The fraction of sp³-hybridized carbons (Fsp3) is 0.500. The van der Waals surface area contributed by atoms with Crippen LogP contribution in [0.4, 0.5) is 0 Å². The fourth-order valence-electron chi connectivity index (χ4n) is 0.536. The van der Waals surface area contributed by atoms with Crippen molar-refractivity contribution in [2.45, 2.75) is 6.92 Å². The zero-order valence-corrected chi connectivity index (χ0v) is 4.92. The van der Waals surface area contributed by atoms with Crippen molar-refractivity contribution in [3.8, 4) is 0 Å². The van der Waals surface area contributed by atoms with Gasteiger partial charge in [-0.1, -0.05) is 0 Å². The van der Waals surface area contributed by atoms with Gasteiger partial charge in [-0.15, -0.1) is 5.12 Å². The van der Waals surface area contributed by atoms with Crippen LogP contribution >= 0.6 is 0 Å². The monoisotopic (exact) mass is 115 g/mol. The maximum absolute atomic E-state index is 8.89. The molecular weight excluding hydrogens is 106 g/mol. The summed E-state index contributed by atoms with van der Waals surface area (Å²) in [6.45, 7) is 1.80. The van der Waals surface area contributed by atoms with E-state index in [1.165, 1.54) is 5.12 Å². The van der Waals surface area contributed by atoms with E-state index in [1.807, 2.05) is 0 Å². The van der Waals surface area contributed by atoms with Gasteiger partial charge in [-0.05, 0) is 6.92 Å². The van der Waals surface area contributed by atoms with E-state index < -0.39 is 0 Å². The molecule has 0 bridgehead atoms. The maximum atomic E-state index is 8.89. The van der Waals surface area contributed by atoms with Gasteiger partial charge >= 0.3 is 0 Å². The van der Waals surface area contributed by atoms with Crippen LogP contribution in [-0.2, 0) is 0 Å². The first-order valence-corrected chi connectivity index (χ1v) is 2.37. The van der Waals surface area contributed by atoms with Crippen molar-refractivity contribution in [2.24, 2.45) is 0 Å². The van der Waals surface area contributed by atoms with Gasteiger partial charge in [0.05, 0.1) is 5.70 Å². The van der Waals surface area contributed by atoms with Crippen molar-refractivity contribution in [1.82, 2.24) is 15.7 Å². The van der Waals surface area contributed by atoms with Crippen LogP contribution in [0.5, 0.6) is 0 Å². The van der Waals surface area contributed by atoms with Crippen molar-refractivity contribution in [3.63, 3.8) is 0 Å². The highest BCUT2D eigenvalue weighted by Gasteiger charge is 2.12.